The Morgan fingerprint density at radius 2 is 1.74 bits per heavy atom. The van der Waals surface area contributed by atoms with Crippen molar-refractivity contribution in [1.29, 1.82) is 0 Å². The molecule has 0 bridgehead atoms. The summed E-state index contributed by atoms with van der Waals surface area (Å²) in [7, 11) is 0. The van der Waals surface area contributed by atoms with Crippen molar-refractivity contribution in [1.82, 2.24) is 4.90 Å². The highest BCUT2D eigenvalue weighted by molar-refractivity contribution is 6.00. The quantitative estimate of drug-likeness (QED) is 0.911. The van der Waals surface area contributed by atoms with Gasteiger partial charge in [-0.15, -0.1) is 0 Å². The number of carbonyl (C=O) groups is 1. The summed E-state index contributed by atoms with van der Waals surface area (Å²) in [4.78, 5) is 17.3. The van der Waals surface area contributed by atoms with E-state index in [1.165, 1.54) is 16.7 Å². The van der Waals surface area contributed by atoms with Gasteiger partial charge in [0.2, 0.25) is 5.91 Å². The molecule has 4 nitrogen and oxygen atoms in total. The van der Waals surface area contributed by atoms with E-state index in [0.29, 0.717) is 0 Å². The van der Waals surface area contributed by atoms with Gasteiger partial charge in [-0.2, -0.15) is 0 Å². The van der Waals surface area contributed by atoms with Crippen LogP contribution in [0.5, 0.6) is 0 Å². The lowest BCUT2D eigenvalue weighted by Gasteiger charge is -2.37. The van der Waals surface area contributed by atoms with Crippen LogP contribution in [0, 0.1) is 26.7 Å². The Kier molecular flexibility index (Phi) is 4.47. The van der Waals surface area contributed by atoms with E-state index in [1.54, 1.807) is 0 Å². The maximum absolute atomic E-state index is 13.0. The summed E-state index contributed by atoms with van der Waals surface area (Å²) in [6, 6.07) is 4.29. The molecule has 0 unspecified atom stereocenters. The largest absolute Gasteiger partial charge is 0.393 e. The molecule has 3 atom stereocenters. The molecular formula is C19H28N2O2. The molecule has 126 valence electrons. The summed E-state index contributed by atoms with van der Waals surface area (Å²) in [5.74, 6) is 0.470. The van der Waals surface area contributed by atoms with Gasteiger partial charge in [-0.25, -0.2) is 0 Å². The molecule has 0 spiro atoms. The fraction of sp³-hybridized carbons (Fsp3) is 0.632. The molecule has 2 fully saturated rings. The first-order valence-corrected chi connectivity index (χ1v) is 8.70. The van der Waals surface area contributed by atoms with Gasteiger partial charge in [0.05, 0.1) is 12.1 Å². The van der Waals surface area contributed by atoms with E-state index in [9.17, 15) is 9.90 Å². The minimum Gasteiger partial charge on any atom is -0.393 e. The first-order valence-electron chi connectivity index (χ1n) is 8.70. The number of rotatable bonds is 2. The Morgan fingerprint density at radius 3 is 2.35 bits per heavy atom. The lowest BCUT2D eigenvalue weighted by Crippen LogP contribution is -2.50. The third-order valence-corrected chi connectivity index (χ3v) is 5.41. The lowest BCUT2D eigenvalue weighted by molar-refractivity contribution is -0.123. The lowest BCUT2D eigenvalue weighted by atomic mass is 9.95. The van der Waals surface area contributed by atoms with Crippen molar-refractivity contribution in [2.45, 2.75) is 52.7 Å². The summed E-state index contributed by atoms with van der Waals surface area (Å²) in [6.45, 7) is 10.8. The van der Waals surface area contributed by atoms with Crippen LogP contribution in [-0.2, 0) is 4.79 Å². The first kappa shape index (κ1) is 16.5. The number of hydrogen-bond donors (Lipinski definition) is 1. The molecule has 2 aliphatic heterocycles. The minimum absolute atomic E-state index is 0.0231. The standard InChI is InChI=1S/C19H28N2O2/c1-12-9-13(2)18(14(3)10-12)21-8-5-16(19(21)23)20-7-6-17(22)15(4)11-20/h9-10,15-17,22H,5-8,11H2,1-4H3/t15-,16+,17+/m1/s1. The Labute approximate surface area is 139 Å². The SMILES string of the molecule is Cc1cc(C)c(N2CC[C@H](N3CC[C@H](O)[C@H](C)C3)C2=O)c(C)c1. The molecule has 2 aliphatic rings. The predicted octanol–water partition coefficient (Wildman–Crippen LogP) is 2.42. The van der Waals surface area contributed by atoms with Crippen LogP contribution >= 0.6 is 0 Å². The number of aliphatic hydroxyl groups is 1. The third kappa shape index (κ3) is 3.02. The average Bonchev–Trinajstić information content (AvgIpc) is 2.83. The van der Waals surface area contributed by atoms with E-state index in [0.717, 1.165) is 38.2 Å². The van der Waals surface area contributed by atoms with Crippen LogP contribution in [0.3, 0.4) is 0 Å². The van der Waals surface area contributed by atoms with E-state index in [2.05, 4.69) is 44.7 Å². The molecule has 4 heteroatoms. The summed E-state index contributed by atoms with van der Waals surface area (Å²) in [5.41, 5.74) is 4.69. The molecule has 23 heavy (non-hydrogen) atoms. The number of aryl methyl sites for hydroxylation is 3. The van der Waals surface area contributed by atoms with Crippen molar-refractivity contribution >= 4 is 11.6 Å². The highest BCUT2D eigenvalue weighted by atomic mass is 16.3. The molecule has 0 aliphatic carbocycles. The summed E-state index contributed by atoms with van der Waals surface area (Å²) < 4.78 is 0. The van der Waals surface area contributed by atoms with Crippen molar-refractivity contribution in [3.8, 4) is 0 Å². The number of benzene rings is 1. The Morgan fingerprint density at radius 1 is 1.09 bits per heavy atom. The second kappa shape index (κ2) is 6.25. The van der Waals surface area contributed by atoms with Crippen LogP contribution in [0.4, 0.5) is 5.69 Å². The molecule has 1 aromatic carbocycles. The Hall–Kier alpha value is -1.39. The van der Waals surface area contributed by atoms with E-state index in [4.69, 9.17) is 0 Å². The zero-order chi connectivity index (χ0) is 16.7. The van der Waals surface area contributed by atoms with E-state index in [1.807, 2.05) is 4.90 Å². The predicted molar refractivity (Wildman–Crippen MR) is 92.8 cm³/mol. The van der Waals surface area contributed by atoms with Gasteiger partial charge in [-0.1, -0.05) is 24.6 Å². The van der Waals surface area contributed by atoms with Gasteiger partial charge >= 0.3 is 0 Å². The number of aliphatic hydroxyl groups excluding tert-OH is 1. The molecule has 0 aromatic heterocycles. The van der Waals surface area contributed by atoms with E-state index >= 15 is 0 Å². The molecule has 2 saturated heterocycles. The minimum atomic E-state index is -0.222. The van der Waals surface area contributed by atoms with Gasteiger partial charge in [0.1, 0.15) is 0 Å². The smallest absolute Gasteiger partial charge is 0.244 e. The van der Waals surface area contributed by atoms with Gasteiger partial charge < -0.3 is 10.0 Å². The normalized spacial score (nSPS) is 29.3. The fourth-order valence-electron chi connectivity index (χ4n) is 4.27. The van der Waals surface area contributed by atoms with Crippen LogP contribution in [0.1, 0.15) is 36.5 Å². The second-order valence-electron chi connectivity index (χ2n) is 7.37. The number of piperidine rings is 1. The van der Waals surface area contributed by atoms with Crippen molar-refractivity contribution in [3.05, 3.63) is 28.8 Å². The molecular weight excluding hydrogens is 288 g/mol. The highest BCUT2D eigenvalue weighted by Crippen LogP contribution is 2.32. The van der Waals surface area contributed by atoms with E-state index in [-0.39, 0.29) is 24.0 Å². The highest BCUT2D eigenvalue weighted by Gasteiger charge is 2.40. The number of likely N-dealkylation sites (tertiary alicyclic amines) is 1. The maximum atomic E-state index is 13.0. The number of anilines is 1. The van der Waals surface area contributed by atoms with Gasteiger partial charge in [0.15, 0.2) is 0 Å². The molecule has 0 radical (unpaired) electrons. The second-order valence-corrected chi connectivity index (χ2v) is 7.37. The van der Waals surface area contributed by atoms with Crippen molar-refractivity contribution in [2.75, 3.05) is 24.5 Å². The fourth-order valence-corrected chi connectivity index (χ4v) is 4.27. The zero-order valence-corrected chi connectivity index (χ0v) is 14.7. The van der Waals surface area contributed by atoms with Gasteiger partial charge in [0.25, 0.3) is 0 Å². The molecule has 2 heterocycles. The van der Waals surface area contributed by atoms with Gasteiger partial charge in [0, 0.05) is 25.3 Å². The summed E-state index contributed by atoms with van der Waals surface area (Å²) >= 11 is 0. The first-order chi connectivity index (χ1) is 10.9. The van der Waals surface area contributed by atoms with Crippen LogP contribution in [0.25, 0.3) is 0 Å². The van der Waals surface area contributed by atoms with Crippen LogP contribution in [0.15, 0.2) is 12.1 Å². The third-order valence-electron chi connectivity index (χ3n) is 5.41. The molecule has 0 saturated carbocycles. The van der Waals surface area contributed by atoms with Crippen LogP contribution < -0.4 is 4.90 Å². The Balaban J connectivity index is 1.80. The molecule has 1 N–H and O–H groups in total. The topological polar surface area (TPSA) is 43.8 Å². The van der Waals surface area contributed by atoms with Crippen molar-refractivity contribution in [2.24, 2.45) is 5.92 Å². The van der Waals surface area contributed by atoms with Crippen molar-refractivity contribution in [3.63, 3.8) is 0 Å². The van der Waals surface area contributed by atoms with Crippen molar-refractivity contribution < 1.29 is 9.90 Å². The van der Waals surface area contributed by atoms with Gasteiger partial charge in [-0.05, 0) is 50.7 Å². The summed E-state index contributed by atoms with van der Waals surface area (Å²) in [6.07, 6.45) is 1.43. The van der Waals surface area contributed by atoms with E-state index < -0.39 is 0 Å². The Bertz CT molecular complexity index is 590. The molecule has 3 rings (SSSR count). The van der Waals surface area contributed by atoms with Crippen LogP contribution in [-0.4, -0.2) is 47.7 Å². The number of hydrogen-bond acceptors (Lipinski definition) is 3. The van der Waals surface area contributed by atoms with Gasteiger partial charge in [-0.3, -0.25) is 9.69 Å². The molecule has 1 amide bonds. The monoisotopic (exact) mass is 316 g/mol. The summed E-state index contributed by atoms with van der Waals surface area (Å²) in [5, 5.41) is 9.91. The molecule has 1 aromatic rings. The number of carbonyl (C=O) groups excluding carboxylic acids is 1. The maximum Gasteiger partial charge on any atom is 0.244 e. The zero-order valence-electron chi connectivity index (χ0n) is 14.7. The number of nitrogens with zero attached hydrogens (tertiary/aromatic N) is 2. The number of amides is 1. The van der Waals surface area contributed by atoms with Crippen LogP contribution in [0.2, 0.25) is 0 Å². The average molecular weight is 316 g/mol.